The summed E-state index contributed by atoms with van der Waals surface area (Å²) in [5.74, 6) is -0.438. The lowest BCUT2D eigenvalue weighted by Crippen LogP contribution is -2.17. The van der Waals surface area contributed by atoms with E-state index in [0.717, 1.165) is 29.5 Å². The van der Waals surface area contributed by atoms with E-state index in [1.807, 2.05) is 32.2 Å². The van der Waals surface area contributed by atoms with Gasteiger partial charge in [0.1, 0.15) is 23.0 Å². The molecule has 0 atom stereocenters. The number of fused-ring (bicyclic) bond motifs is 1. The van der Waals surface area contributed by atoms with Crippen LogP contribution in [-0.2, 0) is 6.42 Å². The Labute approximate surface area is 133 Å². The smallest absolute Gasteiger partial charge is 0.275 e. The van der Waals surface area contributed by atoms with Crippen molar-refractivity contribution >= 4 is 17.4 Å². The first-order valence-electron chi connectivity index (χ1n) is 7.49. The fourth-order valence-electron chi connectivity index (χ4n) is 2.53. The Hall–Kier alpha value is -2.76. The number of nitrogens with zero attached hydrogens (tertiary/aromatic N) is 3. The van der Waals surface area contributed by atoms with Crippen LogP contribution < -0.4 is 5.32 Å². The average Bonchev–Trinajstić information content (AvgIpc) is 2.90. The first-order chi connectivity index (χ1) is 11.1. The molecular formula is C17H17FN4O. The van der Waals surface area contributed by atoms with Crippen molar-refractivity contribution in [3.05, 3.63) is 59.4 Å². The zero-order chi connectivity index (χ0) is 16.4. The second-order valence-electron chi connectivity index (χ2n) is 5.36. The minimum atomic E-state index is -0.444. The first kappa shape index (κ1) is 15.1. The number of pyridine rings is 2. The van der Waals surface area contributed by atoms with Crippen molar-refractivity contribution in [3.8, 4) is 0 Å². The molecule has 0 fully saturated rings. The summed E-state index contributed by atoms with van der Waals surface area (Å²) in [4.78, 5) is 21.1. The number of carbonyl (C=O) groups is 1. The Morgan fingerprint density at radius 3 is 2.87 bits per heavy atom. The first-order valence-corrected chi connectivity index (χ1v) is 7.49. The maximum Gasteiger partial charge on any atom is 0.275 e. The third-order valence-corrected chi connectivity index (χ3v) is 3.59. The van der Waals surface area contributed by atoms with Crippen molar-refractivity contribution in [2.75, 3.05) is 5.32 Å². The van der Waals surface area contributed by atoms with E-state index in [9.17, 15) is 9.18 Å². The molecule has 6 heteroatoms. The molecule has 3 aromatic rings. The molecule has 0 bridgehead atoms. The molecule has 0 radical (unpaired) electrons. The van der Waals surface area contributed by atoms with Crippen LogP contribution in [0.25, 0.3) is 5.65 Å². The Balaban J connectivity index is 2.03. The Kier molecular flexibility index (Phi) is 4.06. The highest BCUT2D eigenvalue weighted by Crippen LogP contribution is 2.18. The van der Waals surface area contributed by atoms with Crippen LogP contribution in [0.15, 0.2) is 36.7 Å². The normalized spacial score (nSPS) is 10.9. The number of nitrogens with one attached hydrogen (secondary N) is 1. The fourth-order valence-corrected chi connectivity index (χ4v) is 2.53. The van der Waals surface area contributed by atoms with Crippen LogP contribution in [0, 0.1) is 12.7 Å². The zero-order valence-corrected chi connectivity index (χ0v) is 13.0. The number of hydrogen-bond acceptors (Lipinski definition) is 3. The van der Waals surface area contributed by atoms with Gasteiger partial charge in [-0.3, -0.25) is 9.20 Å². The van der Waals surface area contributed by atoms with Gasteiger partial charge in [-0.25, -0.2) is 14.4 Å². The lowest BCUT2D eigenvalue weighted by Gasteiger charge is -2.06. The molecule has 0 spiro atoms. The minimum absolute atomic E-state index is 0.300. The number of aryl methyl sites for hydroxylation is 2. The van der Waals surface area contributed by atoms with E-state index >= 15 is 0 Å². The predicted molar refractivity (Wildman–Crippen MR) is 86.1 cm³/mol. The van der Waals surface area contributed by atoms with Crippen LogP contribution in [0.1, 0.15) is 35.1 Å². The van der Waals surface area contributed by atoms with Crippen LogP contribution in [0.3, 0.4) is 0 Å². The zero-order valence-electron chi connectivity index (χ0n) is 13.0. The van der Waals surface area contributed by atoms with Gasteiger partial charge < -0.3 is 5.32 Å². The van der Waals surface area contributed by atoms with Crippen molar-refractivity contribution in [2.24, 2.45) is 0 Å². The highest BCUT2D eigenvalue weighted by Gasteiger charge is 2.20. The van der Waals surface area contributed by atoms with Gasteiger partial charge in [-0.2, -0.15) is 0 Å². The molecule has 1 N–H and O–H groups in total. The van der Waals surface area contributed by atoms with E-state index < -0.39 is 5.82 Å². The number of aromatic nitrogens is 3. The minimum Gasteiger partial charge on any atom is -0.305 e. The average molecular weight is 312 g/mol. The van der Waals surface area contributed by atoms with Crippen LogP contribution >= 0.6 is 0 Å². The van der Waals surface area contributed by atoms with Gasteiger partial charge in [-0.05, 0) is 37.1 Å². The molecule has 1 amide bonds. The predicted octanol–water partition coefficient (Wildman–Crippen LogP) is 3.38. The molecule has 0 aliphatic heterocycles. The van der Waals surface area contributed by atoms with Crippen LogP contribution in [-0.4, -0.2) is 20.3 Å². The summed E-state index contributed by atoms with van der Waals surface area (Å²) in [5.41, 5.74) is 3.02. The maximum absolute atomic E-state index is 12.9. The summed E-state index contributed by atoms with van der Waals surface area (Å²) >= 11 is 0. The van der Waals surface area contributed by atoms with Gasteiger partial charge in [-0.1, -0.05) is 19.4 Å². The lowest BCUT2D eigenvalue weighted by atomic mass is 10.2. The van der Waals surface area contributed by atoms with Gasteiger partial charge in [0.15, 0.2) is 0 Å². The molecule has 3 aromatic heterocycles. The SMILES string of the molecule is CCCc1nc2c(C)cccn2c1C(=O)Nc1ccc(F)cn1. The summed E-state index contributed by atoms with van der Waals surface area (Å²) in [7, 11) is 0. The fraction of sp³-hybridized carbons (Fsp3) is 0.235. The quantitative estimate of drug-likeness (QED) is 0.803. The number of anilines is 1. The van der Waals surface area contributed by atoms with Crippen LogP contribution in [0.2, 0.25) is 0 Å². The second kappa shape index (κ2) is 6.16. The molecule has 3 rings (SSSR count). The van der Waals surface area contributed by atoms with Gasteiger partial charge in [0.25, 0.3) is 5.91 Å². The molecule has 0 saturated heterocycles. The van der Waals surface area contributed by atoms with Gasteiger partial charge in [-0.15, -0.1) is 0 Å². The summed E-state index contributed by atoms with van der Waals surface area (Å²) in [6.07, 6.45) is 4.49. The maximum atomic E-state index is 12.9. The van der Waals surface area contributed by atoms with Crippen molar-refractivity contribution < 1.29 is 9.18 Å². The van der Waals surface area contributed by atoms with E-state index in [-0.39, 0.29) is 5.91 Å². The third kappa shape index (κ3) is 2.92. The molecule has 0 aromatic carbocycles. The summed E-state index contributed by atoms with van der Waals surface area (Å²) in [5, 5.41) is 2.70. The Bertz CT molecular complexity index is 855. The number of rotatable bonds is 4. The van der Waals surface area contributed by atoms with E-state index in [1.165, 1.54) is 12.1 Å². The Morgan fingerprint density at radius 1 is 1.35 bits per heavy atom. The molecule has 118 valence electrons. The topological polar surface area (TPSA) is 59.3 Å². The molecule has 0 unspecified atom stereocenters. The standard InChI is InChI=1S/C17H17FN4O/c1-3-5-13-15(22-9-4-6-11(2)16(22)20-13)17(23)21-14-8-7-12(18)10-19-14/h4,6-10H,3,5H2,1-2H3,(H,19,21,23). The number of halogens is 1. The summed E-state index contributed by atoms with van der Waals surface area (Å²) in [6, 6.07) is 6.53. The number of amides is 1. The summed E-state index contributed by atoms with van der Waals surface area (Å²) in [6.45, 7) is 4.00. The molecule has 23 heavy (non-hydrogen) atoms. The van der Waals surface area contributed by atoms with Crippen LogP contribution in [0.4, 0.5) is 10.2 Å². The monoisotopic (exact) mass is 312 g/mol. The number of carbonyl (C=O) groups excluding carboxylic acids is 1. The van der Waals surface area contributed by atoms with Gasteiger partial charge in [0, 0.05) is 6.20 Å². The van der Waals surface area contributed by atoms with E-state index in [4.69, 9.17) is 0 Å². The van der Waals surface area contributed by atoms with Gasteiger partial charge in [0.05, 0.1) is 11.9 Å². The molecule has 5 nitrogen and oxygen atoms in total. The van der Waals surface area contributed by atoms with Gasteiger partial charge >= 0.3 is 0 Å². The highest BCUT2D eigenvalue weighted by atomic mass is 19.1. The van der Waals surface area contributed by atoms with E-state index in [0.29, 0.717) is 17.9 Å². The van der Waals surface area contributed by atoms with Crippen molar-refractivity contribution in [1.82, 2.24) is 14.4 Å². The van der Waals surface area contributed by atoms with Gasteiger partial charge in [0.2, 0.25) is 0 Å². The molecular weight excluding hydrogens is 295 g/mol. The van der Waals surface area contributed by atoms with Crippen molar-refractivity contribution in [1.29, 1.82) is 0 Å². The largest absolute Gasteiger partial charge is 0.305 e. The van der Waals surface area contributed by atoms with E-state index in [1.54, 1.807) is 4.40 Å². The second-order valence-corrected chi connectivity index (χ2v) is 5.36. The van der Waals surface area contributed by atoms with E-state index in [2.05, 4.69) is 15.3 Å². The summed E-state index contributed by atoms with van der Waals surface area (Å²) < 4.78 is 14.7. The number of imidazole rings is 1. The van der Waals surface area contributed by atoms with Crippen LogP contribution in [0.5, 0.6) is 0 Å². The highest BCUT2D eigenvalue weighted by molar-refractivity contribution is 6.04. The molecule has 3 heterocycles. The van der Waals surface area contributed by atoms with Crippen molar-refractivity contribution in [2.45, 2.75) is 26.7 Å². The number of hydrogen-bond donors (Lipinski definition) is 1. The third-order valence-electron chi connectivity index (χ3n) is 3.59. The molecule has 0 aliphatic carbocycles. The Morgan fingerprint density at radius 2 is 2.17 bits per heavy atom. The van der Waals surface area contributed by atoms with Crippen molar-refractivity contribution in [3.63, 3.8) is 0 Å². The molecule has 0 aliphatic rings. The molecule has 0 saturated carbocycles. The lowest BCUT2D eigenvalue weighted by molar-refractivity contribution is 0.102.